The molecular weight excluding hydrogens is 178 g/mol. The van der Waals surface area contributed by atoms with E-state index in [9.17, 15) is 5.11 Å². The fourth-order valence-corrected chi connectivity index (χ4v) is 2.27. The molecule has 0 aromatic rings. The molecule has 84 valence electrons. The predicted molar refractivity (Wildman–Crippen MR) is 57.1 cm³/mol. The fraction of sp³-hybridized carbons (Fsp3) is 1.00. The van der Waals surface area contributed by atoms with Gasteiger partial charge in [0.15, 0.2) is 0 Å². The summed E-state index contributed by atoms with van der Waals surface area (Å²) < 4.78 is 0. The molecule has 0 amide bonds. The Bertz CT molecular complexity index is 150. The van der Waals surface area contributed by atoms with Gasteiger partial charge in [0.05, 0.1) is 6.10 Å². The van der Waals surface area contributed by atoms with Crippen LogP contribution in [0.3, 0.4) is 0 Å². The number of aliphatic hydroxyl groups excluding tert-OH is 2. The van der Waals surface area contributed by atoms with Crippen LogP contribution in [0.25, 0.3) is 0 Å². The van der Waals surface area contributed by atoms with E-state index in [-0.39, 0.29) is 6.10 Å². The second kappa shape index (κ2) is 6.38. The Labute approximate surface area is 86.5 Å². The summed E-state index contributed by atoms with van der Waals surface area (Å²) in [7, 11) is 0. The van der Waals surface area contributed by atoms with E-state index in [1.807, 2.05) is 0 Å². The topological polar surface area (TPSA) is 52.5 Å². The smallest absolute Gasteiger partial charge is 0.0636 e. The normalized spacial score (nSPS) is 30.2. The van der Waals surface area contributed by atoms with Gasteiger partial charge in [0.2, 0.25) is 0 Å². The highest BCUT2D eigenvalue weighted by atomic mass is 16.3. The number of hydrogen-bond acceptors (Lipinski definition) is 3. The van der Waals surface area contributed by atoms with Gasteiger partial charge in [-0.05, 0) is 38.1 Å². The Morgan fingerprint density at radius 2 is 1.93 bits per heavy atom. The first-order valence-electron chi connectivity index (χ1n) is 5.73. The van der Waals surface area contributed by atoms with Gasteiger partial charge in [-0.25, -0.2) is 0 Å². The van der Waals surface area contributed by atoms with E-state index in [1.165, 1.54) is 19.3 Å². The lowest BCUT2D eigenvalue weighted by atomic mass is 9.79. The maximum absolute atomic E-state index is 9.19. The highest BCUT2D eigenvalue weighted by Gasteiger charge is 2.23. The standard InChI is InChI=1S/C11H23NO2/c1-9(14)6-12-7-10-4-2-3-5-11(10)8-13/h9-14H,2-8H2,1H3/t9-,10?,11?/m1/s1. The first-order valence-corrected chi connectivity index (χ1v) is 5.73. The Morgan fingerprint density at radius 1 is 1.29 bits per heavy atom. The van der Waals surface area contributed by atoms with Crippen LogP contribution in [-0.2, 0) is 0 Å². The summed E-state index contributed by atoms with van der Waals surface area (Å²) in [6.45, 7) is 3.71. The molecule has 1 saturated carbocycles. The number of aliphatic hydroxyl groups is 2. The molecule has 3 heteroatoms. The van der Waals surface area contributed by atoms with Crippen LogP contribution in [0.5, 0.6) is 0 Å². The van der Waals surface area contributed by atoms with Crippen molar-refractivity contribution in [1.82, 2.24) is 5.32 Å². The molecule has 2 unspecified atom stereocenters. The molecule has 0 heterocycles. The van der Waals surface area contributed by atoms with Crippen molar-refractivity contribution in [2.75, 3.05) is 19.7 Å². The van der Waals surface area contributed by atoms with Crippen molar-refractivity contribution >= 4 is 0 Å². The van der Waals surface area contributed by atoms with Crippen molar-refractivity contribution in [2.24, 2.45) is 11.8 Å². The molecule has 3 atom stereocenters. The van der Waals surface area contributed by atoms with E-state index in [1.54, 1.807) is 6.92 Å². The van der Waals surface area contributed by atoms with E-state index in [0.717, 1.165) is 13.0 Å². The molecule has 0 saturated heterocycles. The first kappa shape index (κ1) is 12.0. The minimum absolute atomic E-state index is 0.272. The quantitative estimate of drug-likeness (QED) is 0.615. The van der Waals surface area contributed by atoms with E-state index in [4.69, 9.17) is 5.11 Å². The van der Waals surface area contributed by atoms with Crippen LogP contribution in [-0.4, -0.2) is 36.0 Å². The lowest BCUT2D eigenvalue weighted by Crippen LogP contribution is -2.35. The van der Waals surface area contributed by atoms with Gasteiger partial charge < -0.3 is 15.5 Å². The Kier molecular flexibility index (Phi) is 5.45. The molecule has 0 radical (unpaired) electrons. The third-order valence-corrected chi connectivity index (χ3v) is 3.15. The van der Waals surface area contributed by atoms with Crippen molar-refractivity contribution in [3.8, 4) is 0 Å². The zero-order valence-corrected chi connectivity index (χ0v) is 9.08. The molecular formula is C11H23NO2. The minimum Gasteiger partial charge on any atom is -0.396 e. The highest BCUT2D eigenvalue weighted by Crippen LogP contribution is 2.28. The molecule has 0 aromatic heterocycles. The van der Waals surface area contributed by atoms with Crippen LogP contribution in [0.1, 0.15) is 32.6 Å². The number of rotatable bonds is 5. The third kappa shape index (κ3) is 3.95. The molecule has 0 spiro atoms. The summed E-state index contributed by atoms with van der Waals surface area (Å²) in [6, 6.07) is 0. The SMILES string of the molecule is C[C@@H](O)CNCC1CCCCC1CO. The van der Waals surface area contributed by atoms with Gasteiger partial charge in [0.25, 0.3) is 0 Å². The Morgan fingerprint density at radius 3 is 2.50 bits per heavy atom. The van der Waals surface area contributed by atoms with Gasteiger partial charge in [-0.2, -0.15) is 0 Å². The minimum atomic E-state index is -0.272. The van der Waals surface area contributed by atoms with Crippen molar-refractivity contribution < 1.29 is 10.2 Å². The molecule has 1 aliphatic carbocycles. The maximum atomic E-state index is 9.19. The summed E-state index contributed by atoms with van der Waals surface area (Å²) in [4.78, 5) is 0. The average molecular weight is 201 g/mol. The maximum Gasteiger partial charge on any atom is 0.0636 e. The van der Waals surface area contributed by atoms with E-state index in [2.05, 4.69) is 5.32 Å². The summed E-state index contributed by atoms with van der Waals surface area (Å²) >= 11 is 0. The summed E-state index contributed by atoms with van der Waals surface area (Å²) in [5.41, 5.74) is 0. The van der Waals surface area contributed by atoms with E-state index < -0.39 is 0 Å². The summed E-state index contributed by atoms with van der Waals surface area (Å²) in [5, 5.41) is 21.5. The lowest BCUT2D eigenvalue weighted by molar-refractivity contribution is 0.127. The van der Waals surface area contributed by atoms with Crippen LogP contribution >= 0.6 is 0 Å². The largest absolute Gasteiger partial charge is 0.396 e. The molecule has 1 rings (SSSR count). The Hall–Kier alpha value is -0.120. The molecule has 0 aliphatic heterocycles. The van der Waals surface area contributed by atoms with Gasteiger partial charge in [0, 0.05) is 13.2 Å². The molecule has 1 fully saturated rings. The van der Waals surface area contributed by atoms with E-state index >= 15 is 0 Å². The monoisotopic (exact) mass is 201 g/mol. The molecule has 0 aromatic carbocycles. The van der Waals surface area contributed by atoms with Gasteiger partial charge >= 0.3 is 0 Å². The van der Waals surface area contributed by atoms with Gasteiger partial charge in [-0.15, -0.1) is 0 Å². The number of hydrogen-bond donors (Lipinski definition) is 3. The second-order valence-corrected chi connectivity index (χ2v) is 4.49. The van der Waals surface area contributed by atoms with E-state index in [0.29, 0.717) is 25.0 Å². The van der Waals surface area contributed by atoms with Crippen molar-refractivity contribution in [3.63, 3.8) is 0 Å². The summed E-state index contributed by atoms with van der Waals surface area (Å²) in [5.74, 6) is 1.08. The molecule has 0 bridgehead atoms. The second-order valence-electron chi connectivity index (χ2n) is 4.49. The highest BCUT2D eigenvalue weighted by molar-refractivity contribution is 4.76. The Balaban J connectivity index is 2.19. The van der Waals surface area contributed by atoms with Crippen LogP contribution in [0, 0.1) is 11.8 Å². The zero-order chi connectivity index (χ0) is 10.4. The first-order chi connectivity index (χ1) is 6.74. The zero-order valence-electron chi connectivity index (χ0n) is 9.08. The van der Waals surface area contributed by atoms with Crippen LogP contribution in [0.15, 0.2) is 0 Å². The van der Waals surface area contributed by atoms with Crippen LogP contribution < -0.4 is 5.32 Å². The van der Waals surface area contributed by atoms with Crippen molar-refractivity contribution in [1.29, 1.82) is 0 Å². The third-order valence-electron chi connectivity index (χ3n) is 3.15. The fourth-order valence-electron chi connectivity index (χ4n) is 2.27. The van der Waals surface area contributed by atoms with Gasteiger partial charge in [0.1, 0.15) is 0 Å². The van der Waals surface area contributed by atoms with Crippen molar-refractivity contribution in [2.45, 2.75) is 38.7 Å². The summed E-state index contributed by atoms with van der Waals surface area (Å²) in [6.07, 6.45) is 4.66. The molecule has 3 nitrogen and oxygen atoms in total. The number of nitrogens with one attached hydrogen (secondary N) is 1. The average Bonchev–Trinajstić information content (AvgIpc) is 2.18. The predicted octanol–water partition coefficient (Wildman–Crippen LogP) is 0.755. The van der Waals surface area contributed by atoms with Crippen LogP contribution in [0.4, 0.5) is 0 Å². The molecule has 1 aliphatic rings. The van der Waals surface area contributed by atoms with Gasteiger partial charge in [-0.3, -0.25) is 0 Å². The van der Waals surface area contributed by atoms with Crippen molar-refractivity contribution in [3.05, 3.63) is 0 Å². The molecule has 3 N–H and O–H groups in total. The van der Waals surface area contributed by atoms with Crippen LogP contribution in [0.2, 0.25) is 0 Å². The molecule has 14 heavy (non-hydrogen) atoms. The van der Waals surface area contributed by atoms with Gasteiger partial charge in [-0.1, -0.05) is 12.8 Å². The lowest BCUT2D eigenvalue weighted by Gasteiger charge is -2.30.